The number of ether oxygens (including phenoxy) is 1. The number of nitrogens with zero attached hydrogens (tertiary/aromatic N) is 3. The number of piperidine rings is 1. The van der Waals surface area contributed by atoms with E-state index in [1.165, 1.54) is 0 Å². The van der Waals surface area contributed by atoms with E-state index in [0.717, 1.165) is 31.5 Å². The summed E-state index contributed by atoms with van der Waals surface area (Å²) in [5.41, 5.74) is 2.09. The van der Waals surface area contributed by atoms with Crippen LogP contribution >= 0.6 is 0 Å². The van der Waals surface area contributed by atoms with Gasteiger partial charge in [-0.2, -0.15) is 0 Å². The van der Waals surface area contributed by atoms with Crippen LogP contribution in [-0.2, 0) is 6.42 Å². The molecule has 0 aliphatic carbocycles. The lowest BCUT2D eigenvalue weighted by atomic mass is 9.99. The van der Waals surface area contributed by atoms with Gasteiger partial charge in [-0.25, -0.2) is 4.98 Å². The second-order valence-corrected chi connectivity index (χ2v) is 6.19. The second kappa shape index (κ2) is 7.21. The van der Waals surface area contributed by atoms with E-state index >= 15 is 0 Å². The van der Waals surface area contributed by atoms with Gasteiger partial charge in [0.2, 0.25) is 0 Å². The number of aryl methyl sites for hydroxylation is 1. The van der Waals surface area contributed by atoms with Gasteiger partial charge in [-0.1, -0.05) is 6.92 Å². The average Bonchev–Trinajstić information content (AvgIpc) is 3.00. The molecule has 1 fully saturated rings. The number of fused-ring (bicyclic) bond motifs is 1. The number of amides is 1. The second-order valence-electron chi connectivity index (χ2n) is 6.19. The van der Waals surface area contributed by atoms with Gasteiger partial charge in [0, 0.05) is 25.4 Å². The van der Waals surface area contributed by atoms with Gasteiger partial charge in [-0.3, -0.25) is 9.20 Å². The fraction of sp³-hybridized carbons (Fsp3) is 0.556. The Morgan fingerprint density at radius 2 is 2.29 bits per heavy atom. The molecule has 0 radical (unpaired) electrons. The smallest absolute Gasteiger partial charge is 0.273 e. The zero-order valence-electron chi connectivity index (χ0n) is 14.4. The summed E-state index contributed by atoms with van der Waals surface area (Å²) in [6, 6.07) is 3.83. The third-order valence-corrected chi connectivity index (χ3v) is 4.79. The zero-order valence-corrected chi connectivity index (χ0v) is 14.4. The minimum Gasteiger partial charge on any atom is -0.493 e. The van der Waals surface area contributed by atoms with Gasteiger partial charge >= 0.3 is 0 Å². The third kappa shape index (κ3) is 2.86. The molecule has 1 atom stereocenters. The van der Waals surface area contributed by atoms with E-state index in [9.17, 15) is 9.90 Å². The van der Waals surface area contributed by atoms with E-state index in [4.69, 9.17) is 4.74 Å². The van der Waals surface area contributed by atoms with Crippen molar-refractivity contribution in [2.45, 2.75) is 45.1 Å². The lowest BCUT2D eigenvalue weighted by Crippen LogP contribution is -2.44. The van der Waals surface area contributed by atoms with Crippen LogP contribution in [0.3, 0.4) is 0 Å². The molecule has 2 aromatic rings. The molecule has 1 aliphatic heterocycles. The lowest BCUT2D eigenvalue weighted by molar-refractivity contribution is 0.0566. The first kappa shape index (κ1) is 16.8. The van der Waals surface area contributed by atoms with Crippen molar-refractivity contribution in [2.24, 2.45) is 0 Å². The maximum absolute atomic E-state index is 13.3. The average molecular weight is 331 g/mol. The number of carbonyl (C=O) groups excluding carboxylic acids is 1. The van der Waals surface area contributed by atoms with Crippen LogP contribution in [0.1, 0.15) is 48.8 Å². The number of methoxy groups -OCH3 is 1. The van der Waals surface area contributed by atoms with Gasteiger partial charge in [0.25, 0.3) is 5.91 Å². The quantitative estimate of drug-likeness (QED) is 0.913. The van der Waals surface area contributed by atoms with Crippen LogP contribution in [0.5, 0.6) is 5.75 Å². The van der Waals surface area contributed by atoms with Crippen LogP contribution in [0.2, 0.25) is 0 Å². The van der Waals surface area contributed by atoms with Crippen LogP contribution in [0.4, 0.5) is 0 Å². The number of carbonyl (C=O) groups is 1. The summed E-state index contributed by atoms with van der Waals surface area (Å²) in [4.78, 5) is 19.8. The number of imidazole rings is 1. The Bertz CT molecular complexity index is 724. The molecule has 0 saturated carbocycles. The Balaban J connectivity index is 2.05. The molecule has 1 saturated heterocycles. The Morgan fingerprint density at radius 1 is 1.46 bits per heavy atom. The van der Waals surface area contributed by atoms with E-state index in [1.807, 2.05) is 34.6 Å². The predicted octanol–water partition coefficient (Wildman–Crippen LogP) is 2.28. The van der Waals surface area contributed by atoms with E-state index in [0.29, 0.717) is 29.9 Å². The van der Waals surface area contributed by atoms with Crippen molar-refractivity contribution in [3.8, 4) is 5.75 Å². The topological polar surface area (TPSA) is 67.1 Å². The highest BCUT2D eigenvalue weighted by molar-refractivity contribution is 5.95. The molecule has 0 spiro atoms. The van der Waals surface area contributed by atoms with Crippen LogP contribution in [0.25, 0.3) is 5.65 Å². The normalized spacial score (nSPS) is 18.1. The monoisotopic (exact) mass is 331 g/mol. The van der Waals surface area contributed by atoms with Crippen molar-refractivity contribution in [3.63, 3.8) is 0 Å². The van der Waals surface area contributed by atoms with Crippen molar-refractivity contribution >= 4 is 11.6 Å². The highest BCUT2D eigenvalue weighted by atomic mass is 16.5. The number of rotatable bonds is 5. The molecule has 1 N–H and O–H groups in total. The highest BCUT2D eigenvalue weighted by Crippen LogP contribution is 2.26. The highest BCUT2D eigenvalue weighted by Gasteiger charge is 2.31. The number of hydrogen-bond acceptors (Lipinski definition) is 4. The number of aromatic nitrogens is 2. The van der Waals surface area contributed by atoms with Crippen molar-refractivity contribution in [2.75, 3.05) is 20.3 Å². The molecule has 2 aromatic heterocycles. The minimum absolute atomic E-state index is 0.00533. The van der Waals surface area contributed by atoms with Gasteiger partial charge in [0.15, 0.2) is 11.4 Å². The van der Waals surface area contributed by atoms with Gasteiger partial charge in [0.1, 0.15) is 5.69 Å². The van der Waals surface area contributed by atoms with Crippen molar-refractivity contribution in [3.05, 3.63) is 29.7 Å². The van der Waals surface area contributed by atoms with Crippen molar-refractivity contribution in [1.82, 2.24) is 14.3 Å². The molecule has 6 heteroatoms. The summed E-state index contributed by atoms with van der Waals surface area (Å²) in [6.07, 6.45) is 6.25. The van der Waals surface area contributed by atoms with Crippen molar-refractivity contribution < 1.29 is 14.6 Å². The lowest BCUT2D eigenvalue weighted by Gasteiger charge is -2.35. The summed E-state index contributed by atoms with van der Waals surface area (Å²) < 4.78 is 7.22. The van der Waals surface area contributed by atoms with Crippen molar-refractivity contribution in [1.29, 1.82) is 0 Å². The third-order valence-electron chi connectivity index (χ3n) is 4.79. The fourth-order valence-electron chi connectivity index (χ4n) is 3.57. The molecule has 3 rings (SSSR count). The molecule has 1 amide bonds. The van der Waals surface area contributed by atoms with Crippen LogP contribution in [0.15, 0.2) is 18.3 Å². The predicted molar refractivity (Wildman–Crippen MR) is 91.5 cm³/mol. The van der Waals surface area contributed by atoms with Gasteiger partial charge in [-0.05, 0) is 44.2 Å². The van der Waals surface area contributed by atoms with Crippen LogP contribution in [-0.4, -0.2) is 51.6 Å². The molecule has 1 unspecified atom stereocenters. The number of hydrogen-bond donors (Lipinski definition) is 1. The molecule has 0 bridgehead atoms. The SMILES string of the molecule is CCc1nc2c(OC)cccn2c1C(=O)N1CCCCC1CCO. The van der Waals surface area contributed by atoms with Gasteiger partial charge in [0.05, 0.1) is 12.8 Å². The molecule has 3 heterocycles. The van der Waals surface area contributed by atoms with Gasteiger partial charge < -0.3 is 14.7 Å². The molecule has 130 valence electrons. The summed E-state index contributed by atoms with van der Waals surface area (Å²) >= 11 is 0. The van der Waals surface area contributed by atoms with Gasteiger partial charge in [-0.15, -0.1) is 0 Å². The van der Waals surface area contributed by atoms with Crippen LogP contribution < -0.4 is 4.74 Å². The molecular formula is C18H25N3O3. The summed E-state index contributed by atoms with van der Waals surface area (Å²) in [5, 5.41) is 9.32. The summed E-state index contributed by atoms with van der Waals surface area (Å²) in [5.74, 6) is 0.669. The maximum Gasteiger partial charge on any atom is 0.273 e. The molecule has 1 aliphatic rings. The maximum atomic E-state index is 13.3. The first-order valence-corrected chi connectivity index (χ1v) is 8.67. The summed E-state index contributed by atoms with van der Waals surface area (Å²) in [7, 11) is 1.61. The number of likely N-dealkylation sites (tertiary alicyclic amines) is 1. The minimum atomic E-state index is 0.00533. The molecule has 0 aromatic carbocycles. The molecule has 24 heavy (non-hydrogen) atoms. The Morgan fingerprint density at radius 3 is 3.00 bits per heavy atom. The summed E-state index contributed by atoms with van der Waals surface area (Å²) in [6.45, 7) is 2.85. The van der Waals surface area contributed by atoms with Crippen LogP contribution in [0, 0.1) is 0 Å². The van der Waals surface area contributed by atoms with E-state index < -0.39 is 0 Å². The fourth-order valence-corrected chi connectivity index (χ4v) is 3.57. The first-order valence-electron chi connectivity index (χ1n) is 8.67. The van der Waals surface area contributed by atoms with E-state index in [1.54, 1.807) is 7.11 Å². The number of pyridine rings is 1. The Hall–Kier alpha value is -2.08. The first-order chi connectivity index (χ1) is 11.7. The number of aliphatic hydroxyl groups is 1. The van der Waals surface area contributed by atoms with E-state index in [2.05, 4.69) is 4.98 Å². The van der Waals surface area contributed by atoms with E-state index in [-0.39, 0.29) is 18.6 Å². The molecular weight excluding hydrogens is 306 g/mol. The Labute approximate surface area is 142 Å². The number of aliphatic hydroxyl groups excluding tert-OH is 1. The molecule has 6 nitrogen and oxygen atoms in total. The Kier molecular flexibility index (Phi) is 5.04. The standard InChI is InChI=1S/C18H25N3O3/c1-3-14-16(21-11-6-8-15(24-2)17(21)19-14)18(23)20-10-5-4-7-13(20)9-12-22/h6,8,11,13,22H,3-5,7,9-10,12H2,1-2H3. The zero-order chi connectivity index (χ0) is 17.1. The largest absolute Gasteiger partial charge is 0.493 e.